The number of rotatable bonds is 4. The Balaban J connectivity index is 1.24. The Morgan fingerprint density at radius 3 is 2.61 bits per heavy atom. The summed E-state index contributed by atoms with van der Waals surface area (Å²) in [6.07, 6.45) is 3.71. The van der Waals surface area contributed by atoms with Gasteiger partial charge in [-0.1, -0.05) is 24.3 Å². The molecule has 31 heavy (non-hydrogen) atoms. The van der Waals surface area contributed by atoms with Gasteiger partial charge in [-0.05, 0) is 37.6 Å². The van der Waals surface area contributed by atoms with Gasteiger partial charge in [-0.15, -0.1) is 5.10 Å². The quantitative estimate of drug-likeness (QED) is 0.540. The highest BCUT2D eigenvalue weighted by Crippen LogP contribution is 2.13. The van der Waals surface area contributed by atoms with Crippen LogP contribution in [0.15, 0.2) is 54.9 Å². The first-order valence-electron chi connectivity index (χ1n) is 10.6. The van der Waals surface area contributed by atoms with Crippen molar-refractivity contribution < 1.29 is 9.69 Å². The van der Waals surface area contributed by atoms with E-state index in [1.54, 1.807) is 6.20 Å². The molecule has 0 unspecified atom stereocenters. The van der Waals surface area contributed by atoms with E-state index in [1.807, 2.05) is 35.2 Å². The van der Waals surface area contributed by atoms with Crippen LogP contribution < -0.4 is 4.90 Å². The Morgan fingerprint density at radius 1 is 1.06 bits per heavy atom. The van der Waals surface area contributed by atoms with Gasteiger partial charge in [-0.2, -0.15) is 9.90 Å². The van der Waals surface area contributed by atoms with Gasteiger partial charge in [0.15, 0.2) is 5.69 Å². The standard InChI is InChI=1S/C23H25N7O/c1-17-8-9-22-25-18(2)21(29(22)15-17)16-27-10-12-28(13-11-27)23(31)20-14-24-30(26-20)19-6-4-3-5-7-19/h3-9,14-15H,10-13,16H2,1-2H3/p+1. The molecule has 0 radical (unpaired) electrons. The third-order valence-corrected chi connectivity index (χ3v) is 5.94. The second-order valence-electron chi connectivity index (χ2n) is 8.15. The largest absolute Gasteiger partial charge is 0.327 e. The molecule has 1 fully saturated rings. The fourth-order valence-electron chi connectivity index (χ4n) is 4.18. The molecular weight excluding hydrogens is 390 g/mol. The number of piperazine rings is 1. The van der Waals surface area contributed by atoms with Crippen LogP contribution in [0, 0.1) is 13.8 Å². The Labute approximate surface area is 180 Å². The lowest BCUT2D eigenvalue weighted by atomic mass is 10.2. The van der Waals surface area contributed by atoms with Crippen LogP contribution in [0.4, 0.5) is 0 Å². The smallest absolute Gasteiger partial charge is 0.276 e. The third kappa shape index (κ3) is 3.82. The fourth-order valence-corrected chi connectivity index (χ4v) is 4.18. The first-order valence-corrected chi connectivity index (χ1v) is 10.6. The molecule has 1 aliphatic heterocycles. The van der Waals surface area contributed by atoms with E-state index in [0.717, 1.165) is 36.7 Å². The Bertz CT molecular complexity index is 1220. The summed E-state index contributed by atoms with van der Waals surface area (Å²) in [5.41, 5.74) is 5.77. The number of imidazole rings is 1. The van der Waals surface area contributed by atoms with E-state index in [9.17, 15) is 4.79 Å². The predicted molar refractivity (Wildman–Crippen MR) is 116 cm³/mol. The number of pyridine rings is 1. The lowest BCUT2D eigenvalue weighted by Gasteiger charge is -2.31. The van der Waals surface area contributed by atoms with Gasteiger partial charge < -0.3 is 9.80 Å². The number of aryl methyl sites for hydroxylation is 2. The highest BCUT2D eigenvalue weighted by Gasteiger charge is 2.27. The van der Waals surface area contributed by atoms with E-state index < -0.39 is 0 Å². The topological polar surface area (TPSA) is 72.8 Å². The first-order chi connectivity index (χ1) is 15.1. The molecule has 1 amide bonds. The summed E-state index contributed by atoms with van der Waals surface area (Å²) in [6.45, 7) is 8.30. The van der Waals surface area contributed by atoms with E-state index in [2.05, 4.69) is 46.8 Å². The van der Waals surface area contributed by atoms with Crippen LogP contribution in [0.25, 0.3) is 11.3 Å². The minimum absolute atomic E-state index is 0.0529. The molecule has 0 spiro atoms. The number of benzene rings is 1. The molecule has 4 aromatic rings. The summed E-state index contributed by atoms with van der Waals surface area (Å²) in [7, 11) is 0. The molecule has 0 atom stereocenters. The summed E-state index contributed by atoms with van der Waals surface area (Å²) in [4.78, 5) is 22.5. The average Bonchev–Trinajstić information content (AvgIpc) is 3.40. The Morgan fingerprint density at radius 2 is 1.84 bits per heavy atom. The van der Waals surface area contributed by atoms with Crippen LogP contribution in [-0.2, 0) is 6.54 Å². The molecule has 1 aromatic carbocycles. The molecule has 3 aromatic heterocycles. The van der Waals surface area contributed by atoms with Crippen molar-refractivity contribution >= 4 is 11.6 Å². The van der Waals surface area contributed by atoms with E-state index in [0.29, 0.717) is 18.8 Å². The fraction of sp³-hybridized carbons (Fsp3) is 0.304. The van der Waals surface area contributed by atoms with Gasteiger partial charge >= 0.3 is 0 Å². The van der Waals surface area contributed by atoms with E-state index in [1.165, 1.54) is 21.0 Å². The van der Waals surface area contributed by atoms with Crippen molar-refractivity contribution in [2.75, 3.05) is 26.2 Å². The minimum Gasteiger partial charge on any atom is -0.327 e. The van der Waals surface area contributed by atoms with Gasteiger partial charge in [0.2, 0.25) is 0 Å². The number of carbonyl (C=O) groups excluding carboxylic acids is 1. The van der Waals surface area contributed by atoms with Gasteiger partial charge in [-0.3, -0.25) is 9.20 Å². The third-order valence-electron chi connectivity index (χ3n) is 5.94. The number of aromatic nitrogens is 5. The Hall–Kier alpha value is -3.52. The van der Waals surface area contributed by atoms with Crippen LogP contribution in [-0.4, -0.2) is 61.4 Å². The minimum atomic E-state index is -0.0529. The maximum absolute atomic E-state index is 12.9. The van der Waals surface area contributed by atoms with Gasteiger partial charge in [0.25, 0.3) is 5.91 Å². The SMILES string of the molecule is Cc1ccc2nc(C)c(C[NH+]3CCN(C(=O)c4cnn(-c5ccccc5)n4)CC3)n2c1. The number of carbonyl (C=O) groups is 1. The van der Waals surface area contributed by atoms with Crippen LogP contribution in [0.3, 0.4) is 0 Å². The van der Waals surface area contributed by atoms with Gasteiger partial charge in [0, 0.05) is 6.20 Å². The molecule has 8 heteroatoms. The van der Waals surface area contributed by atoms with Crippen molar-refractivity contribution in [1.82, 2.24) is 29.3 Å². The molecular formula is C23H26N7O+. The zero-order chi connectivity index (χ0) is 21.4. The average molecular weight is 417 g/mol. The number of fused-ring (bicyclic) bond motifs is 1. The highest BCUT2D eigenvalue weighted by atomic mass is 16.2. The number of hydrogen-bond acceptors (Lipinski definition) is 4. The molecule has 5 rings (SSSR count). The molecule has 8 nitrogen and oxygen atoms in total. The number of nitrogens with zero attached hydrogens (tertiary/aromatic N) is 6. The molecule has 1 N–H and O–H groups in total. The summed E-state index contributed by atoms with van der Waals surface area (Å²) >= 11 is 0. The molecule has 158 valence electrons. The highest BCUT2D eigenvalue weighted by molar-refractivity contribution is 5.92. The van der Waals surface area contributed by atoms with Crippen molar-refractivity contribution in [3.8, 4) is 5.69 Å². The van der Waals surface area contributed by atoms with Crippen LogP contribution in [0.5, 0.6) is 0 Å². The number of nitrogens with one attached hydrogen (secondary N) is 1. The van der Waals surface area contributed by atoms with E-state index >= 15 is 0 Å². The number of hydrogen-bond donors (Lipinski definition) is 1. The van der Waals surface area contributed by atoms with Crippen LogP contribution in [0.1, 0.15) is 27.4 Å². The van der Waals surface area contributed by atoms with Crippen molar-refractivity contribution in [1.29, 1.82) is 0 Å². The van der Waals surface area contributed by atoms with E-state index in [-0.39, 0.29) is 5.91 Å². The monoisotopic (exact) mass is 416 g/mol. The molecule has 0 saturated carbocycles. The summed E-state index contributed by atoms with van der Waals surface area (Å²) < 4.78 is 2.21. The maximum atomic E-state index is 12.9. The summed E-state index contributed by atoms with van der Waals surface area (Å²) in [5.74, 6) is -0.0529. The zero-order valence-electron chi connectivity index (χ0n) is 17.8. The van der Waals surface area contributed by atoms with Crippen molar-refractivity contribution in [3.05, 3.63) is 77.5 Å². The Kier molecular flexibility index (Phi) is 4.99. The van der Waals surface area contributed by atoms with Crippen molar-refractivity contribution in [2.45, 2.75) is 20.4 Å². The second kappa shape index (κ2) is 7.96. The molecule has 1 aliphatic rings. The summed E-state index contributed by atoms with van der Waals surface area (Å²) in [6, 6.07) is 13.8. The lowest BCUT2D eigenvalue weighted by molar-refractivity contribution is -0.918. The van der Waals surface area contributed by atoms with Crippen molar-refractivity contribution in [2.24, 2.45) is 0 Å². The van der Waals surface area contributed by atoms with Gasteiger partial charge in [0.05, 0.1) is 49.5 Å². The van der Waals surface area contributed by atoms with Gasteiger partial charge in [-0.25, -0.2) is 4.98 Å². The maximum Gasteiger partial charge on any atom is 0.276 e. The number of quaternary nitrogens is 1. The number of para-hydroxylation sites is 1. The molecule has 0 bridgehead atoms. The molecule has 4 heterocycles. The molecule has 1 saturated heterocycles. The molecule has 0 aliphatic carbocycles. The van der Waals surface area contributed by atoms with Crippen LogP contribution in [0.2, 0.25) is 0 Å². The van der Waals surface area contributed by atoms with Gasteiger partial charge in [0.1, 0.15) is 12.2 Å². The lowest BCUT2D eigenvalue weighted by Crippen LogP contribution is -3.13. The van der Waals surface area contributed by atoms with Crippen molar-refractivity contribution in [3.63, 3.8) is 0 Å². The first kappa shape index (κ1) is 19.4. The zero-order valence-corrected chi connectivity index (χ0v) is 17.8. The number of amides is 1. The second-order valence-corrected chi connectivity index (χ2v) is 8.15. The predicted octanol–water partition coefficient (Wildman–Crippen LogP) is 1.07. The van der Waals surface area contributed by atoms with E-state index in [4.69, 9.17) is 4.98 Å². The normalized spacial score (nSPS) is 15.0. The summed E-state index contributed by atoms with van der Waals surface area (Å²) in [5, 5.41) is 8.64. The van der Waals surface area contributed by atoms with Crippen LogP contribution >= 0.6 is 0 Å².